The lowest BCUT2D eigenvalue weighted by Gasteiger charge is -2.06. The summed E-state index contributed by atoms with van der Waals surface area (Å²) in [5, 5.41) is 12.6. The molecule has 5 aromatic rings. The summed E-state index contributed by atoms with van der Waals surface area (Å²) in [5.74, 6) is 0.482. The zero-order valence-corrected chi connectivity index (χ0v) is 14.2. The van der Waals surface area contributed by atoms with Crippen LogP contribution in [0.1, 0.15) is 0 Å². The van der Waals surface area contributed by atoms with Crippen molar-refractivity contribution in [3.63, 3.8) is 0 Å². The lowest BCUT2D eigenvalue weighted by molar-refractivity contribution is 0.415. The van der Waals surface area contributed by atoms with Crippen molar-refractivity contribution in [2.45, 2.75) is 0 Å². The van der Waals surface area contributed by atoms with Gasteiger partial charge in [0.05, 0.1) is 12.5 Å². The summed E-state index contributed by atoms with van der Waals surface area (Å²) in [4.78, 5) is 4.54. The minimum Gasteiger partial charge on any atom is -0.497 e. The number of nitrogens with zero attached hydrogens (tertiary/aromatic N) is 6. The lowest BCUT2D eigenvalue weighted by Crippen LogP contribution is -1.96. The van der Waals surface area contributed by atoms with Crippen molar-refractivity contribution in [1.82, 2.24) is 29.6 Å². The van der Waals surface area contributed by atoms with Crippen molar-refractivity contribution in [2.75, 3.05) is 7.11 Å². The maximum atomic E-state index is 13.4. The Morgan fingerprint density at radius 1 is 0.963 bits per heavy atom. The summed E-state index contributed by atoms with van der Waals surface area (Å²) in [5.41, 5.74) is 3.94. The molecule has 0 bridgehead atoms. The van der Waals surface area contributed by atoms with Crippen LogP contribution in [-0.4, -0.2) is 36.7 Å². The minimum atomic E-state index is -0.287. The quantitative estimate of drug-likeness (QED) is 0.494. The highest BCUT2D eigenvalue weighted by Gasteiger charge is 2.18. The second-order valence-electron chi connectivity index (χ2n) is 6.01. The van der Waals surface area contributed by atoms with Crippen molar-refractivity contribution < 1.29 is 9.13 Å². The fourth-order valence-electron chi connectivity index (χ4n) is 3.18. The molecule has 0 saturated heterocycles. The summed E-state index contributed by atoms with van der Waals surface area (Å²) in [6.45, 7) is 0. The lowest BCUT2D eigenvalue weighted by atomic mass is 10.1. The third-order valence-electron chi connectivity index (χ3n) is 4.49. The zero-order valence-electron chi connectivity index (χ0n) is 14.2. The molecule has 132 valence electrons. The molecule has 0 fully saturated rings. The smallest absolute Gasteiger partial charge is 0.192 e. The normalized spacial score (nSPS) is 11.3. The van der Waals surface area contributed by atoms with E-state index in [0.29, 0.717) is 11.3 Å². The molecular formula is C19H13FN6O. The number of tetrazole rings is 1. The molecule has 8 heteroatoms. The van der Waals surface area contributed by atoms with Gasteiger partial charge in [0.25, 0.3) is 0 Å². The van der Waals surface area contributed by atoms with E-state index in [9.17, 15) is 4.39 Å². The molecular weight excluding hydrogens is 347 g/mol. The van der Waals surface area contributed by atoms with Crippen LogP contribution in [0, 0.1) is 5.82 Å². The van der Waals surface area contributed by atoms with E-state index in [4.69, 9.17) is 4.74 Å². The number of hydrogen-bond acceptors (Lipinski definition) is 5. The van der Waals surface area contributed by atoms with Crippen molar-refractivity contribution in [1.29, 1.82) is 0 Å². The first-order valence-corrected chi connectivity index (χ1v) is 8.23. The van der Waals surface area contributed by atoms with E-state index in [2.05, 4.69) is 20.5 Å². The molecule has 0 radical (unpaired) electrons. The van der Waals surface area contributed by atoms with Crippen molar-refractivity contribution in [3.8, 4) is 22.6 Å². The predicted octanol–water partition coefficient (Wildman–Crippen LogP) is 3.28. The van der Waals surface area contributed by atoms with Gasteiger partial charge in [-0.25, -0.2) is 9.37 Å². The highest BCUT2D eigenvalue weighted by molar-refractivity contribution is 6.03. The standard InChI is InChI=1S/C19H13FN6O/c1-27-15-8-6-14(7-9-15)25-10-16(12-2-4-13(20)5-3-12)17-18(25)21-11-26-19(17)22-23-24-26/h2-11H,1H3. The Labute approximate surface area is 152 Å². The number of rotatable bonds is 3. The fraction of sp³-hybridized carbons (Fsp3) is 0.0526. The topological polar surface area (TPSA) is 70.1 Å². The molecule has 0 aliphatic rings. The summed E-state index contributed by atoms with van der Waals surface area (Å²) in [7, 11) is 1.63. The maximum absolute atomic E-state index is 13.4. The average Bonchev–Trinajstić information content (AvgIpc) is 3.33. The SMILES string of the molecule is COc1ccc(-n2cc(-c3ccc(F)cc3)c3c2ncn2nnnc32)cc1. The third kappa shape index (κ3) is 2.42. The van der Waals surface area contributed by atoms with Gasteiger partial charge in [-0.1, -0.05) is 12.1 Å². The molecule has 0 spiro atoms. The average molecular weight is 360 g/mol. The molecule has 5 rings (SSSR count). The van der Waals surface area contributed by atoms with Crippen LogP contribution in [-0.2, 0) is 0 Å². The van der Waals surface area contributed by atoms with Crippen molar-refractivity contribution in [2.24, 2.45) is 0 Å². The number of fused-ring (bicyclic) bond motifs is 3. The molecule has 0 aliphatic carbocycles. The second kappa shape index (κ2) is 5.87. The Bertz CT molecular complexity index is 1260. The van der Waals surface area contributed by atoms with Crippen molar-refractivity contribution in [3.05, 3.63) is 66.9 Å². The highest BCUT2D eigenvalue weighted by Crippen LogP contribution is 2.33. The molecule has 0 aliphatic heterocycles. The molecule has 0 N–H and O–H groups in total. The van der Waals surface area contributed by atoms with Crippen LogP contribution in [0.2, 0.25) is 0 Å². The molecule has 3 aromatic heterocycles. The Morgan fingerprint density at radius 2 is 1.74 bits per heavy atom. The molecule has 27 heavy (non-hydrogen) atoms. The Morgan fingerprint density at radius 3 is 2.48 bits per heavy atom. The summed E-state index contributed by atoms with van der Waals surface area (Å²) < 4.78 is 22.1. The molecule has 0 atom stereocenters. The van der Waals surface area contributed by atoms with Gasteiger partial charge < -0.3 is 9.30 Å². The van der Waals surface area contributed by atoms with E-state index in [0.717, 1.165) is 28.0 Å². The number of hydrogen-bond donors (Lipinski definition) is 0. The zero-order chi connectivity index (χ0) is 18.4. The van der Waals surface area contributed by atoms with E-state index >= 15 is 0 Å². The number of methoxy groups -OCH3 is 1. The van der Waals surface area contributed by atoms with E-state index in [1.165, 1.54) is 16.6 Å². The molecule has 7 nitrogen and oxygen atoms in total. The molecule has 3 heterocycles. The molecule has 0 unspecified atom stereocenters. The van der Waals surface area contributed by atoms with Gasteiger partial charge in [-0.15, -0.1) is 5.10 Å². The van der Waals surface area contributed by atoms with Gasteiger partial charge in [-0.2, -0.15) is 4.52 Å². The Balaban J connectivity index is 1.82. The second-order valence-corrected chi connectivity index (χ2v) is 6.01. The van der Waals surface area contributed by atoms with Gasteiger partial charge in [0, 0.05) is 17.4 Å². The maximum Gasteiger partial charge on any atom is 0.192 e. The fourth-order valence-corrected chi connectivity index (χ4v) is 3.18. The van der Waals surface area contributed by atoms with E-state index in [-0.39, 0.29) is 5.82 Å². The van der Waals surface area contributed by atoms with Crippen LogP contribution >= 0.6 is 0 Å². The van der Waals surface area contributed by atoms with Crippen LogP contribution < -0.4 is 4.74 Å². The largest absolute Gasteiger partial charge is 0.497 e. The first-order chi connectivity index (χ1) is 13.2. The molecule has 2 aromatic carbocycles. The van der Waals surface area contributed by atoms with Crippen LogP contribution in [0.3, 0.4) is 0 Å². The Hall–Kier alpha value is -3.81. The monoisotopic (exact) mass is 360 g/mol. The summed E-state index contributed by atoms with van der Waals surface area (Å²) >= 11 is 0. The minimum absolute atomic E-state index is 0.287. The van der Waals surface area contributed by atoms with Gasteiger partial charge in [-0.3, -0.25) is 0 Å². The van der Waals surface area contributed by atoms with Gasteiger partial charge in [0.1, 0.15) is 17.9 Å². The first-order valence-electron chi connectivity index (χ1n) is 8.23. The predicted molar refractivity (Wildman–Crippen MR) is 97.4 cm³/mol. The Kier molecular flexibility index (Phi) is 3.36. The van der Waals surface area contributed by atoms with Gasteiger partial charge >= 0.3 is 0 Å². The summed E-state index contributed by atoms with van der Waals surface area (Å²) in [6, 6.07) is 14.0. The third-order valence-corrected chi connectivity index (χ3v) is 4.49. The van der Waals surface area contributed by atoms with Crippen LogP contribution in [0.5, 0.6) is 5.75 Å². The van der Waals surface area contributed by atoms with Gasteiger partial charge in [0.2, 0.25) is 0 Å². The number of halogens is 1. The van der Waals surface area contributed by atoms with Crippen LogP contribution in [0.25, 0.3) is 33.5 Å². The number of benzene rings is 2. The first kappa shape index (κ1) is 15.4. The molecule has 0 saturated carbocycles. The van der Waals surface area contributed by atoms with Crippen LogP contribution in [0.4, 0.5) is 4.39 Å². The van der Waals surface area contributed by atoms with Gasteiger partial charge in [0.15, 0.2) is 11.3 Å². The van der Waals surface area contributed by atoms with E-state index in [1.54, 1.807) is 25.6 Å². The van der Waals surface area contributed by atoms with E-state index < -0.39 is 0 Å². The van der Waals surface area contributed by atoms with Crippen molar-refractivity contribution >= 4 is 16.7 Å². The van der Waals surface area contributed by atoms with E-state index in [1.807, 2.05) is 35.0 Å². The number of ether oxygens (including phenoxy) is 1. The molecule has 0 amide bonds. The summed E-state index contributed by atoms with van der Waals surface area (Å²) in [6.07, 6.45) is 3.54. The highest BCUT2D eigenvalue weighted by atomic mass is 19.1. The number of aromatic nitrogens is 6. The van der Waals surface area contributed by atoms with Crippen LogP contribution in [0.15, 0.2) is 61.1 Å². The van der Waals surface area contributed by atoms with Gasteiger partial charge in [-0.05, 0) is 52.4 Å².